The first kappa shape index (κ1) is 18.7. The van der Waals surface area contributed by atoms with Crippen molar-refractivity contribution < 1.29 is 27.2 Å². The first-order valence-corrected chi connectivity index (χ1v) is 8.96. The molecule has 0 spiro atoms. The third kappa shape index (κ3) is 5.73. The third-order valence-corrected chi connectivity index (χ3v) is 4.17. The van der Waals surface area contributed by atoms with Crippen molar-refractivity contribution in [3.05, 3.63) is 48.4 Å². The molecule has 1 atom stereocenters. The van der Waals surface area contributed by atoms with Gasteiger partial charge in [0.15, 0.2) is 6.10 Å². The SMILES string of the molecule is C[C@@H](OC(=O)CCc1ccco1)C(=O)Nc1cccc(S(N)(=O)=O)c1. The smallest absolute Gasteiger partial charge is 0.307 e. The zero-order valence-electron chi connectivity index (χ0n) is 13.5. The standard InChI is InChI=1S/C16H18N2O6S/c1-11(24-15(19)8-7-13-5-3-9-23-13)16(20)18-12-4-2-6-14(10-12)25(17,21)22/h2-6,9-11H,7-8H2,1H3,(H,18,20)(H2,17,21,22)/t11-/m1/s1. The minimum Gasteiger partial charge on any atom is -0.469 e. The molecule has 0 fully saturated rings. The van der Waals surface area contributed by atoms with E-state index in [1.165, 1.54) is 37.5 Å². The summed E-state index contributed by atoms with van der Waals surface area (Å²) < 4.78 is 32.8. The summed E-state index contributed by atoms with van der Waals surface area (Å²) in [6.07, 6.45) is 0.914. The number of hydrogen-bond donors (Lipinski definition) is 2. The first-order valence-electron chi connectivity index (χ1n) is 7.41. The summed E-state index contributed by atoms with van der Waals surface area (Å²) >= 11 is 0. The van der Waals surface area contributed by atoms with Gasteiger partial charge >= 0.3 is 5.97 Å². The summed E-state index contributed by atoms with van der Waals surface area (Å²) in [5, 5.41) is 7.51. The number of amides is 1. The van der Waals surface area contributed by atoms with Crippen LogP contribution in [0, 0.1) is 0 Å². The van der Waals surface area contributed by atoms with E-state index in [-0.39, 0.29) is 17.0 Å². The number of hydrogen-bond acceptors (Lipinski definition) is 6. The Balaban J connectivity index is 1.88. The van der Waals surface area contributed by atoms with Gasteiger partial charge < -0.3 is 14.5 Å². The normalized spacial score (nSPS) is 12.4. The summed E-state index contributed by atoms with van der Waals surface area (Å²) in [6.45, 7) is 1.42. The lowest BCUT2D eigenvalue weighted by atomic mass is 10.2. The Morgan fingerprint density at radius 2 is 2.04 bits per heavy atom. The fourth-order valence-corrected chi connectivity index (χ4v) is 2.54. The van der Waals surface area contributed by atoms with Crippen LogP contribution < -0.4 is 10.5 Å². The van der Waals surface area contributed by atoms with E-state index in [9.17, 15) is 18.0 Å². The van der Waals surface area contributed by atoms with E-state index < -0.39 is 28.0 Å². The van der Waals surface area contributed by atoms with Crippen molar-refractivity contribution in [1.29, 1.82) is 0 Å². The largest absolute Gasteiger partial charge is 0.469 e. The summed E-state index contributed by atoms with van der Waals surface area (Å²) in [5.74, 6) is -0.482. The maximum absolute atomic E-state index is 12.1. The molecule has 3 N–H and O–H groups in total. The minimum absolute atomic E-state index is 0.0754. The molecule has 1 amide bonds. The van der Waals surface area contributed by atoms with E-state index in [0.29, 0.717) is 12.2 Å². The zero-order chi connectivity index (χ0) is 18.4. The van der Waals surface area contributed by atoms with Crippen LogP contribution in [0.1, 0.15) is 19.1 Å². The number of benzene rings is 1. The number of carbonyl (C=O) groups excluding carboxylic acids is 2. The van der Waals surface area contributed by atoms with Crippen molar-refractivity contribution in [2.24, 2.45) is 5.14 Å². The van der Waals surface area contributed by atoms with E-state index in [0.717, 1.165) is 0 Å². The Kier molecular flexibility index (Phi) is 5.94. The Hall–Kier alpha value is -2.65. The molecule has 2 rings (SSSR count). The highest BCUT2D eigenvalue weighted by molar-refractivity contribution is 7.89. The van der Waals surface area contributed by atoms with Gasteiger partial charge in [0.25, 0.3) is 5.91 Å². The molecule has 25 heavy (non-hydrogen) atoms. The predicted octanol–water partition coefficient (Wildman–Crippen LogP) is 1.43. The molecular weight excluding hydrogens is 348 g/mol. The number of nitrogens with one attached hydrogen (secondary N) is 1. The number of carbonyl (C=O) groups is 2. The molecule has 1 heterocycles. The van der Waals surface area contributed by atoms with Crippen LogP contribution in [0.4, 0.5) is 5.69 Å². The highest BCUT2D eigenvalue weighted by Crippen LogP contribution is 2.15. The molecule has 0 bridgehead atoms. The first-order chi connectivity index (χ1) is 11.8. The Labute approximate surface area is 145 Å². The van der Waals surface area contributed by atoms with E-state index in [4.69, 9.17) is 14.3 Å². The summed E-state index contributed by atoms with van der Waals surface area (Å²) in [5.41, 5.74) is 0.231. The Bertz CT molecular complexity index is 845. The van der Waals surface area contributed by atoms with Gasteiger partial charge in [-0.1, -0.05) is 6.07 Å². The average Bonchev–Trinajstić information content (AvgIpc) is 3.05. The van der Waals surface area contributed by atoms with Crippen molar-refractivity contribution in [3.8, 4) is 0 Å². The average molecular weight is 366 g/mol. The van der Waals surface area contributed by atoms with Gasteiger partial charge in [-0.3, -0.25) is 9.59 Å². The van der Waals surface area contributed by atoms with Crippen molar-refractivity contribution in [3.63, 3.8) is 0 Å². The third-order valence-electron chi connectivity index (χ3n) is 3.26. The van der Waals surface area contributed by atoms with Crippen LogP contribution in [0.15, 0.2) is 52.0 Å². The quantitative estimate of drug-likeness (QED) is 0.713. The number of aryl methyl sites for hydroxylation is 1. The second kappa shape index (κ2) is 7.95. The van der Waals surface area contributed by atoms with Crippen LogP contribution in [0.3, 0.4) is 0 Å². The lowest BCUT2D eigenvalue weighted by Gasteiger charge is -2.13. The summed E-state index contributed by atoms with van der Waals surface area (Å²) in [7, 11) is -3.87. The number of furan rings is 1. The van der Waals surface area contributed by atoms with Crippen LogP contribution >= 0.6 is 0 Å². The number of rotatable bonds is 7. The number of anilines is 1. The number of ether oxygens (including phenoxy) is 1. The van der Waals surface area contributed by atoms with Crippen molar-refractivity contribution in [2.75, 3.05) is 5.32 Å². The van der Waals surface area contributed by atoms with Crippen molar-refractivity contribution >= 4 is 27.6 Å². The van der Waals surface area contributed by atoms with Crippen LogP contribution in [-0.2, 0) is 30.8 Å². The molecule has 0 aliphatic heterocycles. The fraction of sp³-hybridized carbons (Fsp3) is 0.250. The van der Waals surface area contributed by atoms with Gasteiger partial charge in [-0.25, -0.2) is 13.6 Å². The molecule has 1 aromatic carbocycles. The molecule has 134 valence electrons. The van der Waals surface area contributed by atoms with E-state index in [1.54, 1.807) is 12.1 Å². The Morgan fingerprint density at radius 1 is 1.28 bits per heavy atom. The lowest BCUT2D eigenvalue weighted by Crippen LogP contribution is -2.30. The van der Waals surface area contributed by atoms with Crippen LogP contribution in [0.5, 0.6) is 0 Å². The molecule has 0 aliphatic carbocycles. The van der Waals surface area contributed by atoms with Gasteiger partial charge in [-0.05, 0) is 37.3 Å². The van der Waals surface area contributed by atoms with Crippen molar-refractivity contribution in [1.82, 2.24) is 0 Å². The second-order valence-corrected chi connectivity index (χ2v) is 6.83. The minimum atomic E-state index is -3.87. The van der Waals surface area contributed by atoms with Crippen molar-refractivity contribution in [2.45, 2.75) is 30.8 Å². The van der Waals surface area contributed by atoms with E-state index in [1.807, 2.05) is 0 Å². The molecule has 0 unspecified atom stereocenters. The molecule has 1 aromatic heterocycles. The van der Waals surface area contributed by atoms with Gasteiger partial charge in [0.05, 0.1) is 17.6 Å². The molecule has 9 heteroatoms. The van der Waals surface area contributed by atoms with Crippen LogP contribution in [-0.4, -0.2) is 26.4 Å². The number of nitrogens with two attached hydrogens (primary N) is 1. The van der Waals surface area contributed by atoms with Gasteiger partial charge in [-0.15, -0.1) is 0 Å². The van der Waals surface area contributed by atoms with E-state index >= 15 is 0 Å². The number of primary sulfonamides is 1. The molecule has 2 aromatic rings. The lowest BCUT2D eigenvalue weighted by molar-refractivity contribution is -0.153. The van der Waals surface area contributed by atoms with Crippen LogP contribution in [0.2, 0.25) is 0 Å². The highest BCUT2D eigenvalue weighted by Gasteiger charge is 2.19. The maximum atomic E-state index is 12.1. The monoisotopic (exact) mass is 366 g/mol. The highest BCUT2D eigenvalue weighted by atomic mass is 32.2. The number of esters is 1. The van der Waals surface area contributed by atoms with Gasteiger partial charge in [-0.2, -0.15) is 0 Å². The maximum Gasteiger partial charge on any atom is 0.307 e. The topological polar surface area (TPSA) is 129 Å². The van der Waals surface area contributed by atoms with E-state index in [2.05, 4.69) is 5.32 Å². The zero-order valence-corrected chi connectivity index (χ0v) is 14.3. The summed E-state index contributed by atoms with van der Waals surface area (Å²) in [4.78, 5) is 23.7. The molecule has 0 aliphatic rings. The predicted molar refractivity (Wildman–Crippen MR) is 89.0 cm³/mol. The summed E-state index contributed by atoms with van der Waals surface area (Å²) in [6, 6.07) is 8.92. The van der Waals surface area contributed by atoms with Gasteiger partial charge in [0, 0.05) is 12.1 Å². The molecular formula is C16H18N2O6S. The van der Waals surface area contributed by atoms with Gasteiger partial charge in [0.1, 0.15) is 5.76 Å². The molecule has 0 saturated carbocycles. The molecule has 0 radical (unpaired) electrons. The second-order valence-electron chi connectivity index (χ2n) is 5.27. The fourth-order valence-electron chi connectivity index (χ4n) is 1.98. The van der Waals surface area contributed by atoms with Gasteiger partial charge in [0.2, 0.25) is 10.0 Å². The van der Waals surface area contributed by atoms with Crippen LogP contribution in [0.25, 0.3) is 0 Å². The number of sulfonamides is 1. The molecule has 8 nitrogen and oxygen atoms in total. The Morgan fingerprint density at radius 3 is 2.68 bits per heavy atom. The molecule has 0 saturated heterocycles.